The van der Waals surface area contributed by atoms with Gasteiger partial charge in [-0.3, -0.25) is 10.1 Å². The molecule has 1 saturated carbocycles. The van der Waals surface area contributed by atoms with Crippen LogP contribution in [0.15, 0.2) is 48.5 Å². The molecule has 7 nitrogen and oxygen atoms in total. The third-order valence-electron chi connectivity index (χ3n) is 6.23. The minimum Gasteiger partial charge on any atom is -0.480 e. The van der Waals surface area contributed by atoms with Gasteiger partial charge in [0.2, 0.25) is 5.54 Å². The molecule has 33 heavy (non-hydrogen) atoms. The minimum atomic E-state index is -5.20. The monoisotopic (exact) mass is 462 g/mol. The molecular formula is C23H21F3N2O5. The number of aliphatic carboxylic acids is 1. The van der Waals surface area contributed by atoms with Gasteiger partial charge in [-0.25, -0.2) is 9.59 Å². The number of ether oxygens (including phenoxy) is 1. The molecule has 174 valence electrons. The van der Waals surface area contributed by atoms with Crippen molar-refractivity contribution in [3.05, 3.63) is 59.7 Å². The number of hydrogen-bond donors (Lipinski definition) is 3. The number of hydrogen-bond acceptors (Lipinski definition) is 4. The predicted octanol–water partition coefficient (Wildman–Crippen LogP) is 3.58. The van der Waals surface area contributed by atoms with E-state index in [1.54, 1.807) is 5.32 Å². The number of carboxylic acid groups (broad SMARTS) is 1. The van der Waals surface area contributed by atoms with Crippen molar-refractivity contribution in [1.29, 1.82) is 0 Å². The lowest BCUT2D eigenvalue weighted by Gasteiger charge is -2.32. The second kappa shape index (κ2) is 7.79. The molecule has 0 radical (unpaired) electrons. The highest BCUT2D eigenvalue weighted by Crippen LogP contribution is 2.44. The van der Waals surface area contributed by atoms with E-state index >= 15 is 0 Å². The maximum Gasteiger partial charge on any atom is 0.420 e. The molecule has 3 N–H and O–H groups in total. The highest BCUT2D eigenvalue weighted by Gasteiger charge is 2.62. The van der Waals surface area contributed by atoms with E-state index in [0.717, 1.165) is 22.3 Å². The van der Waals surface area contributed by atoms with E-state index in [4.69, 9.17) is 9.84 Å². The quantitative estimate of drug-likeness (QED) is 0.609. The van der Waals surface area contributed by atoms with Crippen molar-refractivity contribution in [3.8, 4) is 11.1 Å². The van der Waals surface area contributed by atoms with E-state index in [-0.39, 0.29) is 25.4 Å². The number of alkyl halides is 3. The van der Waals surface area contributed by atoms with E-state index in [2.05, 4.69) is 0 Å². The second-order valence-corrected chi connectivity index (χ2v) is 8.41. The van der Waals surface area contributed by atoms with E-state index in [9.17, 15) is 27.6 Å². The highest BCUT2D eigenvalue weighted by atomic mass is 19.4. The summed E-state index contributed by atoms with van der Waals surface area (Å²) in [7, 11) is 0. The molecule has 2 aliphatic carbocycles. The third kappa shape index (κ3) is 3.90. The van der Waals surface area contributed by atoms with Crippen LogP contribution in [-0.2, 0) is 14.3 Å². The summed E-state index contributed by atoms with van der Waals surface area (Å²) in [5.74, 6) is -3.47. The summed E-state index contributed by atoms with van der Waals surface area (Å²) in [6.07, 6.45) is -6.62. The molecule has 1 fully saturated rings. The van der Waals surface area contributed by atoms with Crippen LogP contribution in [0.3, 0.4) is 0 Å². The maximum absolute atomic E-state index is 13.8. The molecule has 2 amide bonds. The Morgan fingerprint density at radius 1 is 1.03 bits per heavy atom. The van der Waals surface area contributed by atoms with Crippen LogP contribution in [0.4, 0.5) is 18.0 Å². The number of carboxylic acids is 1. The normalized spacial score (nSPS) is 17.8. The maximum atomic E-state index is 13.8. The highest BCUT2D eigenvalue weighted by molar-refractivity contribution is 5.96. The first kappa shape index (κ1) is 22.6. The van der Waals surface area contributed by atoms with Crippen LogP contribution in [0, 0.1) is 0 Å². The molecular weight excluding hydrogens is 441 g/mol. The molecule has 2 aromatic rings. The van der Waals surface area contributed by atoms with Crippen molar-refractivity contribution in [3.63, 3.8) is 0 Å². The molecule has 0 heterocycles. The smallest absolute Gasteiger partial charge is 0.420 e. The van der Waals surface area contributed by atoms with Gasteiger partial charge in [-0.1, -0.05) is 48.5 Å². The zero-order valence-electron chi connectivity index (χ0n) is 17.5. The summed E-state index contributed by atoms with van der Waals surface area (Å²) in [5.41, 5.74) is -1.47. The van der Waals surface area contributed by atoms with Gasteiger partial charge < -0.3 is 15.2 Å². The number of halogens is 3. The lowest BCUT2D eigenvalue weighted by Crippen LogP contribution is -2.67. The van der Waals surface area contributed by atoms with Crippen molar-refractivity contribution < 1.29 is 37.4 Å². The number of benzene rings is 2. The van der Waals surface area contributed by atoms with Crippen LogP contribution in [0.1, 0.15) is 36.8 Å². The number of amides is 2. The van der Waals surface area contributed by atoms with E-state index in [1.807, 2.05) is 53.8 Å². The SMILES string of the molecule is CC(NC(=O)OCC1c2ccccc2-c2ccccc21)(C(=O)NC1(C(=O)O)CC1)C(F)(F)F. The Morgan fingerprint density at radius 2 is 1.55 bits per heavy atom. The number of carbonyl (C=O) groups is 3. The fourth-order valence-corrected chi connectivity index (χ4v) is 3.95. The fourth-order valence-electron chi connectivity index (χ4n) is 3.95. The largest absolute Gasteiger partial charge is 0.480 e. The lowest BCUT2D eigenvalue weighted by atomic mass is 9.98. The molecule has 10 heteroatoms. The van der Waals surface area contributed by atoms with E-state index < -0.39 is 35.2 Å². The van der Waals surface area contributed by atoms with E-state index in [1.165, 1.54) is 0 Å². The van der Waals surface area contributed by atoms with Gasteiger partial charge >= 0.3 is 18.2 Å². The molecule has 0 aromatic heterocycles. The van der Waals surface area contributed by atoms with Crippen LogP contribution in [0.2, 0.25) is 0 Å². The van der Waals surface area contributed by atoms with Crippen molar-refractivity contribution in [2.75, 3.05) is 6.61 Å². The molecule has 2 aliphatic rings. The average molecular weight is 462 g/mol. The Balaban J connectivity index is 1.49. The van der Waals surface area contributed by atoms with Gasteiger partial charge in [0.15, 0.2) is 0 Å². The first-order chi connectivity index (χ1) is 15.5. The molecule has 0 bridgehead atoms. The molecule has 0 spiro atoms. The fraction of sp³-hybridized carbons (Fsp3) is 0.348. The lowest BCUT2D eigenvalue weighted by molar-refractivity contribution is -0.195. The van der Waals surface area contributed by atoms with Gasteiger partial charge in [-0.2, -0.15) is 13.2 Å². The number of alkyl carbamates (subject to hydrolysis) is 1. The van der Waals surface area contributed by atoms with Crippen LogP contribution < -0.4 is 10.6 Å². The van der Waals surface area contributed by atoms with Gasteiger partial charge in [-0.05, 0) is 42.0 Å². The zero-order valence-corrected chi connectivity index (χ0v) is 17.5. The van der Waals surface area contributed by atoms with Crippen LogP contribution >= 0.6 is 0 Å². The number of rotatable bonds is 6. The first-order valence-electron chi connectivity index (χ1n) is 10.2. The predicted molar refractivity (Wildman–Crippen MR) is 110 cm³/mol. The van der Waals surface area contributed by atoms with Crippen molar-refractivity contribution in [1.82, 2.24) is 10.6 Å². The Morgan fingerprint density at radius 3 is 2.00 bits per heavy atom. The second-order valence-electron chi connectivity index (χ2n) is 8.41. The molecule has 0 aliphatic heterocycles. The summed E-state index contributed by atoms with van der Waals surface area (Å²) < 4.78 is 46.4. The van der Waals surface area contributed by atoms with Crippen LogP contribution in [-0.4, -0.2) is 46.9 Å². The van der Waals surface area contributed by atoms with Gasteiger partial charge in [0.1, 0.15) is 12.1 Å². The Hall–Kier alpha value is -3.56. The Bertz CT molecular complexity index is 1080. The Labute approximate surface area is 186 Å². The van der Waals surface area contributed by atoms with E-state index in [0.29, 0.717) is 6.92 Å². The van der Waals surface area contributed by atoms with Crippen molar-refractivity contribution in [2.24, 2.45) is 0 Å². The number of carbonyl (C=O) groups excluding carboxylic acids is 2. The standard InChI is InChI=1S/C23H21F3N2O5/c1-21(23(24,25)26,18(29)27-22(10-11-22)19(30)31)28-20(32)33-12-17-15-8-4-2-6-13(15)14-7-3-5-9-16(14)17/h2-9,17H,10-12H2,1H3,(H,27,29)(H,28,32)(H,30,31). The topological polar surface area (TPSA) is 105 Å². The summed E-state index contributed by atoms with van der Waals surface area (Å²) in [5, 5.41) is 12.7. The first-order valence-corrected chi connectivity index (χ1v) is 10.2. The molecule has 2 aromatic carbocycles. The summed E-state index contributed by atoms with van der Waals surface area (Å²) in [4.78, 5) is 36.1. The average Bonchev–Trinajstić information content (AvgIpc) is 3.47. The number of fused-ring (bicyclic) bond motifs is 3. The van der Waals surface area contributed by atoms with Crippen LogP contribution in [0.5, 0.6) is 0 Å². The van der Waals surface area contributed by atoms with Gasteiger partial charge in [-0.15, -0.1) is 0 Å². The summed E-state index contributed by atoms with van der Waals surface area (Å²) >= 11 is 0. The third-order valence-corrected chi connectivity index (χ3v) is 6.23. The molecule has 1 atom stereocenters. The van der Waals surface area contributed by atoms with Gasteiger partial charge in [0.25, 0.3) is 5.91 Å². The molecule has 4 rings (SSSR count). The summed E-state index contributed by atoms with van der Waals surface area (Å²) in [6.45, 7) is 0.232. The van der Waals surface area contributed by atoms with Gasteiger partial charge in [0.05, 0.1) is 0 Å². The van der Waals surface area contributed by atoms with Gasteiger partial charge in [0, 0.05) is 5.92 Å². The number of nitrogens with one attached hydrogen (secondary N) is 2. The zero-order chi connectivity index (χ0) is 24.0. The minimum absolute atomic E-state index is 0.00690. The molecule has 0 saturated heterocycles. The van der Waals surface area contributed by atoms with Crippen molar-refractivity contribution in [2.45, 2.75) is 42.9 Å². The Kier molecular flexibility index (Phi) is 5.34. The van der Waals surface area contributed by atoms with Crippen LogP contribution in [0.25, 0.3) is 11.1 Å². The summed E-state index contributed by atoms with van der Waals surface area (Å²) in [6, 6.07) is 14.9. The van der Waals surface area contributed by atoms with Crippen molar-refractivity contribution >= 4 is 18.0 Å². The molecule has 1 unspecified atom stereocenters.